The first-order valence-corrected chi connectivity index (χ1v) is 14.2. The minimum absolute atomic E-state index is 0.0157. The summed E-state index contributed by atoms with van der Waals surface area (Å²) in [5.41, 5.74) is 21.3. The van der Waals surface area contributed by atoms with Gasteiger partial charge in [0.05, 0.1) is 11.1 Å². The molecule has 4 amide bonds. The molecule has 12 N–H and O–H groups in total. The second kappa shape index (κ2) is 12.2. The Morgan fingerprint density at radius 3 is 1.26 bits per heavy atom. The summed E-state index contributed by atoms with van der Waals surface area (Å²) in [6.07, 6.45) is 2.16. The summed E-state index contributed by atoms with van der Waals surface area (Å²) in [4.78, 5) is 49.4. The maximum atomic E-state index is 13.4. The number of fused-ring (bicyclic) bond motifs is 2. The third kappa shape index (κ3) is 5.44. The summed E-state index contributed by atoms with van der Waals surface area (Å²) in [5, 5.41) is 45.7. The lowest BCUT2D eigenvalue weighted by Crippen LogP contribution is -2.38. The van der Waals surface area contributed by atoms with Gasteiger partial charge in [-0.25, -0.2) is 9.59 Å². The zero-order valence-corrected chi connectivity index (χ0v) is 26.0. The van der Waals surface area contributed by atoms with Gasteiger partial charge in [0.15, 0.2) is 11.5 Å². The molecule has 2 aromatic carbocycles. The Balaban J connectivity index is 2.11. The Hall–Kier alpha value is -5.92. The average molecular weight is 633 g/mol. The van der Waals surface area contributed by atoms with E-state index in [2.05, 4.69) is 21.7 Å². The van der Waals surface area contributed by atoms with Crippen LogP contribution in [0, 0.1) is 25.7 Å². The molecule has 0 spiro atoms. The highest BCUT2D eigenvalue weighted by Gasteiger charge is 2.38. The summed E-state index contributed by atoms with van der Waals surface area (Å²) in [5.74, 6) is -4.29. The van der Waals surface area contributed by atoms with Crippen molar-refractivity contribution in [2.45, 2.75) is 41.5 Å². The van der Waals surface area contributed by atoms with Crippen LogP contribution in [0.25, 0.3) is 33.4 Å². The number of carbonyl (C=O) groups excluding carboxylic acids is 4. The van der Waals surface area contributed by atoms with E-state index in [1.165, 1.54) is 0 Å². The van der Waals surface area contributed by atoms with Crippen LogP contribution < -0.4 is 33.2 Å². The van der Waals surface area contributed by atoms with Crippen molar-refractivity contribution in [1.82, 2.24) is 21.7 Å². The number of nitrogens with two attached hydrogens (primary N) is 2. The van der Waals surface area contributed by atoms with Crippen LogP contribution in [0.15, 0.2) is 36.1 Å². The maximum Gasteiger partial charge on any atom is 0.330 e. The standard InChI is InChI=1S/C32H36N6O8/c1-11(2)19-15-7-13(5)21(27(41)23(15)17(25(39)29(19)43)9-35-37-31(33)45)22-14(6)8-16-20(12(3)4)30(44)26(40)18(24(16)28(22)42)10-36-38-32(34)46/h7-12,35-36,41-44H,1-6H3,(H3,33,37,45)(H3,34,38,46)/b17-9-,18-10-. The van der Waals surface area contributed by atoms with Crippen molar-refractivity contribution in [3.05, 3.63) is 69.4 Å². The Labute approximate surface area is 264 Å². The SMILES string of the molecule is Cc1cc2c(c(O)c1-c1c(C)cc3c(c1O)/C(=C/NNC(N)=O)C(=O)C(O)=C3C(C)C)/C(=C/NNC(N)=O)C(=O)C(O)=C2C(C)C. The first kappa shape index (κ1) is 33.0. The molecule has 2 aliphatic rings. The topological polar surface area (TPSA) is 249 Å². The first-order chi connectivity index (χ1) is 21.5. The van der Waals surface area contributed by atoms with E-state index in [1.54, 1.807) is 53.7 Å². The van der Waals surface area contributed by atoms with Crippen molar-refractivity contribution in [3.8, 4) is 22.6 Å². The summed E-state index contributed by atoms with van der Waals surface area (Å²) in [6.45, 7) is 10.4. The molecule has 14 nitrogen and oxygen atoms in total. The van der Waals surface area contributed by atoms with Gasteiger partial charge in [0.2, 0.25) is 11.6 Å². The number of primary amides is 2. The van der Waals surface area contributed by atoms with E-state index in [1.807, 2.05) is 0 Å². The minimum Gasteiger partial charge on any atom is -0.507 e. The number of phenolic OH excluding ortho intramolecular Hbond substituents is 2. The first-order valence-electron chi connectivity index (χ1n) is 14.2. The highest BCUT2D eigenvalue weighted by atomic mass is 16.3. The summed E-state index contributed by atoms with van der Waals surface area (Å²) in [7, 11) is 0. The van der Waals surface area contributed by atoms with Crippen molar-refractivity contribution in [2.75, 3.05) is 0 Å². The fourth-order valence-corrected chi connectivity index (χ4v) is 5.99. The molecular weight excluding hydrogens is 596 g/mol. The van der Waals surface area contributed by atoms with E-state index < -0.39 is 46.6 Å². The highest BCUT2D eigenvalue weighted by Crippen LogP contribution is 2.53. The summed E-state index contributed by atoms with van der Waals surface area (Å²) < 4.78 is 0. The molecule has 2 aromatic rings. The Morgan fingerprint density at radius 1 is 0.652 bits per heavy atom. The van der Waals surface area contributed by atoms with Gasteiger partial charge in [0, 0.05) is 45.8 Å². The molecule has 2 aliphatic carbocycles. The van der Waals surface area contributed by atoms with Gasteiger partial charge in [-0.2, -0.15) is 0 Å². The summed E-state index contributed by atoms with van der Waals surface area (Å²) >= 11 is 0. The number of hydrazine groups is 2. The predicted octanol–water partition coefficient (Wildman–Crippen LogP) is 3.42. The lowest BCUT2D eigenvalue weighted by molar-refractivity contribution is -0.113. The Morgan fingerprint density at radius 2 is 0.978 bits per heavy atom. The third-order valence-corrected chi connectivity index (χ3v) is 7.77. The number of aromatic hydroxyl groups is 2. The van der Waals surface area contributed by atoms with Crippen molar-refractivity contribution in [3.63, 3.8) is 0 Å². The molecule has 4 rings (SSSR count). The number of hydrogen-bond donors (Lipinski definition) is 10. The van der Waals surface area contributed by atoms with E-state index in [0.717, 1.165) is 12.4 Å². The highest BCUT2D eigenvalue weighted by molar-refractivity contribution is 6.35. The van der Waals surface area contributed by atoms with Gasteiger partial charge in [-0.3, -0.25) is 20.4 Å². The molecule has 46 heavy (non-hydrogen) atoms. The van der Waals surface area contributed by atoms with Gasteiger partial charge in [0.25, 0.3) is 0 Å². The molecule has 0 saturated heterocycles. The second-order valence-electron chi connectivity index (χ2n) is 11.6. The van der Waals surface area contributed by atoms with Gasteiger partial charge in [-0.05, 0) is 47.9 Å². The van der Waals surface area contributed by atoms with E-state index >= 15 is 0 Å². The molecule has 0 radical (unpaired) electrons. The zero-order valence-electron chi connectivity index (χ0n) is 26.0. The number of aliphatic hydroxyl groups excluding tert-OH is 2. The number of ketones is 2. The van der Waals surface area contributed by atoms with Crippen LogP contribution in [0.3, 0.4) is 0 Å². The monoisotopic (exact) mass is 632 g/mol. The smallest absolute Gasteiger partial charge is 0.330 e. The molecule has 0 saturated carbocycles. The Bertz CT molecular complexity index is 1720. The molecule has 242 valence electrons. The number of aryl methyl sites for hydroxylation is 2. The lowest BCUT2D eigenvalue weighted by Gasteiger charge is -2.29. The van der Waals surface area contributed by atoms with E-state index in [0.29, 0.717) is 22.3 Å². The quantitative estimate of drug-likeness (QED) is 0.157. The van der Waals surface area contributed by atoms with Crippen molar-refractivity contribution < 1.29 is 39.6 Å². The molecular formula is C32H36N6O8. The van der Waals surface area contributed by atoms with E-state index in [4.69, 9.17) is 11.5 Å². The maximum absolute atomic E-state index is 13.4. The number of Topliss-reactive ketones (excluding diaryl/α,β-unsaturated/α-hetero) is 2. The largest absolute Gasteiger partial charge is 0.507 e. The number of hydrogen-bond acceptors (Lipinski definition) is 10. The third-order valence-electron chi connectivity index (χ3n) is 7.77. The van der Waals surface area contributed by atoms with Crippen LogP contribution in [0.2, 0.25) is 0 Å². The van der Waals surface area contributed by atoms with Gasteiger partial charge in [0.1, 0.15) is 11.5 Å². The molecule has 0 fully saturated rings. The van der Waals surface area contributed by atoms with Gasteiger partial charge in [-0.15, -0.1) is 0 Å². The van der Waals surface area contributed by atoms with Crippen LogP contribution in [0.5, 0.6) is 11.5 Å². The molecule has 0 aliphatic heterocycles. The fourth-order valence-electron chi connectivity index (χ4n) is 5.99. The normalized spacial score (nSPS) is 16.3. The molecule has 14 heteroatoms. The van der Waals surface area contributed by atoms with Crippen molar-refractivity contribution in [2.24, 2.45) is 23.3 Å². The minimum atomic E-state index is -0.953. The second-order valence-corrected chi connectivity index (χ2v) is 11.6. The van der Waals surface area contributed by atoms with Gasteiger partial charge < -0.3 is 42.7 Å². The van der Waals surface area contributed by atoms with Gasteiger partial charge in [-0.1, -0.05) is 39.8 Å². The number of amides is 4. The van der Waals surface area contributed by atoms with Gasteiger partial charge >= 0.3 is 12.1 Å². The van der Waals surface area contributed by atoms with E-state index in [-0.39, 0.29) is 56.4 Å². The summed E-state index contributed by atoms with van der Waals surface area (Å²) in [6, 6.07) is 1.40. The predicted molar refractivity (Wildman–Crippen MR) is 171 cm³/mol. The molecule has 0 unspecified atom stereocenters. The molecule has 0 atom stereocenters. The van der Waals surface area contributed by atoms with Crippen LogP contribution in [-0.4, -0.2) is 44.1 Å². The molecule has 0 aromatic heterocycles. The van der Waals surface area contributed by atoms with Crippen LogP contribution in [0.4, 0.5) is 9.59 Å². The Kier molecular flexibility index (Phi) is 8.77. The number of benzene rings is 2. The van der Waals surface area contributed by atoms with Crippen LogP contribution in [-0.2, 0) is 9.59 Å². The number of rotatable bonds is 7. The van der Waals surface area contributed by atoms with Crippen molar-refractivity contribution >= 4 is 45.9 Å². The number of phenols is 2. The lowest BCUT2D eigenvalue weighted by atomic mass is 9.75. The van der Waals surface area contributed by atoms with E-state index in [9.17, 15) is 39.6 Å². The molecule has 0 heterocycles. The average Bonchev–Trinajstić information content (AvgIpc) is 2.94. The number of allylic oxidation sites excluding steroid dienone is 4. The number of aliphatic hydroxyl groups is 2. The fraction of sp³-hybridized carbons (Fsp3) is 0.250. The van der Waals surface area contributed by atoms with Crippen LogP contribution in [0.1, 0.15) is 61.1 Å². The number of carbonyl (C=O) groups is 4. The number of urea groups is 2. The zero-order chi connectivity index (χ0) is 34.4. The number of nitrogens with one attached hydrogen (secondary N) is 4. The molecule has 0 bridgehead atoms. The van der Waals surface area contributed by atoms with Crippen LogP contribution >= 0.6 is 0 Å². The van der Waals surface area contributed by atoms with Crippen molar-refractivity contribution in [1.29, 1.82) is 0 Å².